The lowest BCUT2D eigenvalue weighted by atomic mass is 10.0. The number of carbonyl (C=O) groups excluding carboxylic acids is 2. The number of benzene rings is 2. The Labute approximate surface area is 141 Å². The van der Waals surface area contributed by atoms with Crippen LogP contribution in [0.15, 0.2) is 48.5 Å². The molecule has 24 heavy (non-hydrogen) atoms. The van der Waals surface area contributed by atoms with Gasteiger partial charge in [0, 0.05) is 24.2 Å². The van der Waals surface area contributed by atoms with Gasteiger partial charge in [0.1, 0.15) is 5.82 Å². The van der Waals surface area contributed by atoms with Gasteiger partial charge in [-0.2, -0.15) is 0 Å². The van der Waals surface area contributed by atoms with Crippen LogP contribution in [0.5, 0.6) is 0 Å². The van der Waals surface area contributed by atoms with Crippen LogP contribution < -0.4 is 10.6 Å². The van der Waals surface area contributed by atoms with Crippen LogP contribution in [0.3, 0.4) is 0 Å². The molecule has 0 aliphatic heterocycles. The second-order valence-electron chi connectivity index (χ2n) is 5.80. The van der Waals surface area contributed by atoms with Crippen molar-refractivity contribution < 1.29 is 14.0 Å². The Morgan fingerprint density at radius 3 is 1.67 bits per heavy atom. The van der Waals surface area contributed by atoms with Crippen LogP contribution in [0, 0.1) is 5.82 Å². The van der Waals surface area contributed by atoms with Crippen molar-refractivity contribution in [1.82, 2.24) is 10.6 Å². The normalized spacial score (nSPS) is 10.5. The molecule has 0 saturated carbocycles. The molecular formula is C19H21FN2O2. The van der Waals surface area contributed by atoms with Gasteiger partial charge in [-0.15, -0.1) is 0 Å². The van der Waals surface area contributed by atoms with Crippen LogP contribution in [-0.4, -0.2) is 24.9 Å². The van der Waals surface area contributed by atoms with E-state index in [0.717, 1.165) is 0 Å². The molecule has 0 atom stereocenters. The van der Waals surface area contributed by atoms with E-state index >= 15 is 0 Å². The number of halogens is 1. The van der Waals surface area contributed by atoms with Gasteiger partial charge in [0.15, 0.2) is 0 Å². The second kappa shape index (κ2) is 8.24. The van der Waals surface area contributed by atoms with Crippen molar-refractivity contribution in [2.75, 3.05) is 13.1 Å². The number of hydrogen-bond acceptors (Lipinski definition) is 2. The van der Waals surface area contributed by atoms with Crippen LogP contribution in [0.1, 0.15) is 46.0 Å². The summed E-state index contributed by atoms with van der Waals surface area (Å²) in [5, 5.41) is 5.42. The van der Waals surface area contributed by atoms with E-state index in [1.165, 1.54) is 29.8 Å². The van der Waals surface area contributed by atoms with Gasteiger partial charge < -0.3 is 10.6 Å². The third kappa shape index (κ3) is 4.91. The highest BCUT2D eigenvalue weighted by molar-refractivity contribution is 5.95. The number of hydrogen-bond donors (Lipinski definition) is 2. The predicted molar refractivity (Wildman–Crippen MR) is 91.6 cm³/mol. The summed E-state index contributed by atoms with van der Waals surface area (Å²) in [7, 11) is 0. The van der Waals surface area contributed by atoms with E-state index in [9.17, 15) is 14.0 Å². The van der Waals surface area contributed by atoms with Gasteiger partial charge in [-0.25, -0.2) is 4.39 Å². The smallest absolute Gasteiger partial charge is 0.251 e. The molecule has 2 aromatic rings. The number of carbonyl (C=O) groups is 2. The second-order valence-corrected chi connectivity index (χ2v) is 5.80. The summed E-state index contributed by atoms with van der Waals surface area (Å²) in [5.74, 6) is -0.446. The maximum atomic E-state index is 12.8. The maximum Gasteiger partial charge on any atom is 0.251 e. The monoisotopic (exact) mass is 328 g/mol. The van der Waals surface area contributed by atoms with E-state index in [1.54, 1.807) is 12.1 Å². The molecule has 5 heteroatoms. The minimum Gasteiger partial charge on any atom is -0.350 e. The first-order valence-electron chi connectivity index (χ1n) is 7.89. The first-order chi connectivity index (χ1) is 11.5. The molecule has 0 radical (unpaired) electrons. The average Bonchev–Trinajstić information content (AvgIpc) is 2.59. The standard InChI is InChI=1S/C19H21FN2O2/c1-13(2)14-3-5-15(6-4-14)18(23)21-11-12-22-19(24)16-7-9-17(20)10-8-16/h3-10,13H,11-12H2,1-2H3,(H,21,23)(H,22,24). The molecule has 126 valence electrons. The SMILES string of the molecule is CC(C)c1ccc(C(=O)NCCNC(=O)c2ccc(F)cc2)cc1. The predicted octanol–water partition coefficient (Wildman–Crippen LogP) is 3.11. The lowest BCUT2D eigenvalue weighted by molar-refractivity contribution is 0.0927. The van der Waals surface area contributed by atoms with Crippen molar-refractivity contribution in [3.63, 3.8) is 0 Å². The minimum atomic E-state index is -0.387. The summed E-state index contributed by atoms with van der Waals surface area (Å²) in [5.41, 5.74) is 2.15. The largest absolute Gasteiger partial charge is 0.350 e. The van der Waals surface area contributed by atoms with E-state index in [0.29, 0.717) is 30.1 Å². The minimum absolute atomic E-state index is 0.179. The fourth-order valence-corrected chi connectivity index (χ4v) is 2.18. The fourth-order valence-electron chi connectivity index (χ4n) is 2.18. The Bertz CT molecular complexity index is 694. The van der Waals surface area contributed by atoms with E-state index < -0.39 is 0 Å². The highest BCUT2D eigenvalue weighted by Gasteiger charge is 2.07. The Hall–Kier alpha value is -2.69. The molecule has 0 aromatic heterocycles. The van der Waals surface area contributed by atoms with Gasteiger partial charge >= 0.3 is 0 Å². The maximum absolute atomic E-state index is 12.8. The summed E-state index contributed by atoms with van der Waals surface area (Å²) in [6.45, 7) is 4.81. The molecular weight excluding hydrogens is 307 g/mol. The molecule has 0 spiro atoms. The molecule has 0 aliphatic rings. The molecule has 0 fully saturated rings. The highest BCUT2D eigenvalue weighted by atomic mass is 19.1. The van der Waals surface area contributed by atoms with Crippen molar-refractivity contribution in [2.45, 2.75) is 19.8 Å². The molecule has 2 N–H and O–H groups in total. The van der Waals surface area contributed by atoms with Crippen molar-refractivity contribution in [3.8, 4) is 0 Å². The van der Waals surface area contributed by atoms with Crippen LogP contribution in [0.25, 0.3) is 0 Å². The van der Waals surface area contributed by atoms with E-state index in [-0.39, 0.29) is 17.6 Å². The summed E-state index contributed by atoms with van der Waals surface area (Å²) in [4.78, 5) is 23.8. The summed E-state index contributed by atoms with van der Waals surface area (Å²) in [6.07, 6.45) is 0. The highest BCUT2D eigenvalue weighted by Crippen LogP contribution is 2.14. The molecule has 0 heterocycles. The lowest BCUT2D eigenvalue weighted by Crippen LogP contribution is -2.34. The molecule has 0 unspecified atom stereocenters. The van der Waals surface area contributed by atoms with Crippen molar-refractivity contribution >= 4 is 11.8 Å². The summed E-state index contributed by atoms with van der Waals surface area (Å²) >= 11 is 0. The lowest BCUT2D eigenvalue weighted by Gasteiger charge is -2.09. The van der Waals surface area contributed by atoms with Crippen molar-refractivity contribution in [3.05, 3.63) is 71.0 Å². The number of nitrogens with one attached hydrogen (secondary N) is 2. The van der Waals surface area contributed by atoms with Crippen LogP contribution in [0.2, 0.25) is 0 Å². The third-order valence-corrected chi connectivity index (χ3v) is 3.64. The van der Waals surface area contributed by atoms with E-state index in [2.05, 4.69) is 24.5 Å². The number of amides is 2. The van der Waals surface area contributed by atoms with E-state index in [4.69, 9.17) is 0 Å². The van der Waals surface area contributed by atoms with Crippen LogP contribution in [-0.2, 0) is 0 Å². The van der Waals surface area contributed by atoms with Gasteiger partial charge in [0.25, 0.3) is 11.8 Å². The molecule has 2 amide bonds. The Balaban J connectivity index is 1.76. The molecule has 0 bridgehead atoms. The first-order valence-corrected chi connectivity index (χ1v) is 7.89. The van der Waals surface area contributed by atoms with Crippen molar-refractivity contribution in [2.24, 2.45) is 0 Å². The first kappa shape index (κ1) is 17.7. The zero-order chi connectivity index (χ0) is 17.5. The third-order valence-electron chi connectivity index (χ3n) is 3.64. The van der Waals surface area contributed by atoms with Gasteiger partial charge in [0.05, 0.1) is 0 Å². The van der Waals surface area contributed by atoms with Gasteiger partial charge in [0.2, 0.25) is 0 Å². The molecule has 2 aromatic carbocycles. The summed E-state index contributed by atoms with van der Waals surface area (Å²) < 4.78 is 12.8. The zero-order valence-electron chi connectivity index (χ0n) is 13.8. The fraction of sp³-hybridized carbons (Fsp3) is 0.263. The molecule has 2 rings (SSSR count). The summed E-state index contributed by atoms with van der Waals surface area (Å²) in [6, 6.07) is 12.8. The molecule has 4 nitrogen and oxygen atoms in total. The Morgan fingerprint density at radius 1 is 0.833 bits per heavy atom. The van der Waals surface area contributed by atoms with Crippen LogP contribution in [0.4, 0.5) is 4.39 Å². The Kier molecular flexibility index (Phi) is 6.07. The Morgan fingerprint density at radius 2 is 1.25 bits per heavy atom. The van der Waals surface area contributed by atoms with Crippen LogP contribution >= 0.6 is 0 Å². The molecule has 0 saturated heterocycles. The van der Waals surface area contributed by atoms with Gasteiger partial charge in [-0.3, -0.25) is 9.59 Å². The average molecular weight is 328 g/mol. The van der Waals surface area contributed by atoms with Gasteiger partial charge in [-0.05, 0) is 47.9 Å². The van der Waals surface area contributed by atoms with E-state index in [1.807, 2.05) is 12.1 Å². The zero-order valence-corrected chi connectivity index (χ0v) is 13.8. The van der Waals surface area contributed by atoms with Gasteiger partial charge in [-0.1, -0.05) is 26.0 Å². The number of rotatable bonds is 6. The molecule has 0 aliphatic carbocycles. The topological polar surface area (TPSA) is 58.2 Å². The van der Waals surface area contributed by atoms with Crippen molar-refractivity contribution in [1.29, 1.82) is 0 Å². The quantitative estimate of drug-likeness (QED) is 0.801.